The number of anilines is 1. The highest BCUT2D eigenvalue weighted by Crippen LogP contribution is 2.51. The van der Waals surface area contributed by atoms with Crippen molar-refractivity contribution in [3.63, 3.8) is 0 Å². The molecule has 11 heteroatoms. The molecule has 2 N–H and O–H groups in total. The third-order valence-electron chi connectivity index (χ3n) is 7.54. The Bertz CT molecular complexity index is 1500. The molecule has 0 amide bonds. The van der Waals surface area contributed by atoms with Gasteiger partial charge in [-0.3, -0.25) is 4.68 Å². The van der Waals surface area contributed by atoms with Gasteiger partial charge in [0.25, 0.3) is 0 Å². The van der Waals surface area contributed by atoms with Crippen LogP contribution in [0.1, 0.15) is 40.5 Å². The predicted octanol–water partition coefficient (Wildman–Crippen LogP) is 3.45. The zero-order valence-corrected chi connectivity index (χ0v) is 22.1. The van der Waals surface area contributed by atoms with Crippen LogP contribution in [0.4, 0.5) is 5.82 Å². The molecule has 1 saturated heterocycles. The average Bonchev–Trinajstić information content (AvgIpc) is 3.50. The van der Waals surface area contributed by atoms with Crippen molar-refractivity contribution in [1.29, 1.82) is 0 Å². The van der Waals surface area contributed by atoms with Crippen LogP contribution in [0.3, 0.4) is 0 Å². The lowest BCUT2D eigenvalue weighted by molar-refractivity contribution is 0.0593. The molecule has 1 fully saturated rings. The Labute approximate surface area is 224 Å². The molecule has 38 heavy (non-hydrogen) atoms. The van der Waals surface area contributed by atoms with Gasteiger partial charge in [0.05, 0.1) is 13.3 Å². The summed E-state index contributed by atoms with van der Waals surface area (Å²) in [5.41, 5.74) is 10.3. The molecule has 194 valence electrons. The fourth-order valence-corrected chi connectivity index (χ4v) is 6.23. The average molecular weight is 529 g/mol. The number of carbonyl (C=O) groups is 1. The number of aromatic nitrogens is 6. The van der Waals surface area contributed by atoms with E-state index in [1.54, 1.807) is 23.1 Å². The van der Waals surface area contributed by atoms with Crippen LogP contribution in [-0.4, -0.2) is 55.9 Å². The number of fused-ring (bicyclic) bond motifs is 1. The van der Waals surface area contributed by atoms with Crippen molar-refractivity contribution < 1.29 is 9.53 Å². The monoisotopic (exact) mass is 528 g/mol. The summed E-state index contributed by atoms with van der Waals surface area (Å²) in [4.78, 5) is 33.1. The minimum Gasteiger partial charge on any atom is -0.464 e. The number of piperidine rings is 1. The van der Waals surface area contributed by atoms with Gasteiger partial charge in [-0.15, -0.1) is 0 Å². The molecule has 0 radical (unpaired) electrons. The summed E-state index contributed by atoms with van der Waals surface area (Å²) in [5.74, 6) is 0.539. The lowest BCUT2D eigenvalue weighted by Crippen LogP contribution is -2.45. The van der Waals surface area contributed by atoms with Crippen molar-refractivity contribution in [3.05, 3.63) is 71.8 Å². The van der Waals surface area contributed by atoms with Crippen LogP contribution in [0.15, 0.2) is 65.0 Å². The minimum absolute atomic E-state index is 0.0228. The Hall–Kier alpha value is -3.83. The molecule has 1 spiro atoms. The van der Waals surface area contributed by atoms with Crippen molar-refractivity contribution in [2.75, 3.05) is 25.1 Å². The van der Waals surface area contributed by atoms with E-state index >= 15 is 0 Å². The first kappa shape index (κ1) is 24.5. The SMILES string of the molecule is COC(=O)c1nc(Sc2ccnc(-c3ccn(C)n3)n2)cnc1N1CCC2(CC1)Cc1ccccc1[C@H]2N. The molecule has 6 rings (SSSR count). The molecule has 2 aliphatic rings. The standard InChI is InChI=1S/C27H28N8O2S/c1-34-12-8-19(33-34)24-29-11-7-20(32-24)38-21-16-30-25(22(31-21)26(36)37-2)35-13-9-27(10-14-35)15-17-5-3-4-6-18(17)23(27)28/h3-8,11-12,16,23H,9-10,13-15,28H2,1-2H3/t23-/m1/s1. The van der Waals surface area contributed by atoms with E-state index in [1.807, 2.05) is 19.3 Å². The molecule has 4 heterocycles. The summed E-state index contributed by atoms with van der Waals surface area (Å²) >= 11 is 1.31. The number of hydrogen-bond acceptors (Lipinski definition) is 10. The summed E-state index contributed by atoms with van der Waals surface area (Å²) in [5, 5.41) is 5.58. The van der Waals surface area contributed by atoms with Crippen LogP contribution in [0, 0.1) is 5.41 Å². The number of aryl methyl sites for hydroxylation is 1. The fourth-order valence-electron chi connectivity index (χ4n) is 5.51. The number of hydrogen-bond donors (Lipinski definition) is 1. The Kier molecular flexibility index (Phi) is 6.32. The lowest BCUT2D eigenvalue weighted by Gasteiger charge is -2.42. The number of methoxy groups -OCH3 is 1. The van der Waals surface area contributed by atoms with E-state index in [0.717, 1.165) is 32.4 Å². The smallest absolute Gasteiger partial charge is 0.360 e. The Balaban J connectivity index is 1.22. The van der Waals surface area contributed by atoms with Crippen molar-refractivity contribution in [3.8, 4) is 11.5 Å². The van der Waals surface area contributed by atoms with Crippen LogP contribution in [0.5, 0.6) is 0 Å². The molecule has 10 nitrogen and oxygen atoms in total. The van der Waals surface area contributed by atoms with E-state index in [0.29, 0.717) is 27.4 Å². The second-order valence-electron chi connectivity index (χ2n) is 9.77. The van der Waals surface area contributed by atoms with Gasteiger partial charge in [-0.1, -0.05) is 24.3 Å². The second kappa shape index (κ2) is 9.80. The van der Waals surface area contributed by atoms with Crippen LogP contribution in [0.25, 0.3) is 11.5 Å². The maximum absolute atomic E-state index is 12.8. The van der Waals surface area contributed by atoms with Crippen LogP contribution >= 0.6 is 11.8 Å². The number of rotatable bonds is 5. The molecule has 0 saturated carbocycles. The minimum atomic E-state index is -0.517. The second-order valence-corrected chi connectivity index (χ2v) is 10.8. The third kappa shape index (κ3) is 4.41. The van der Waals surface area contributed by atoms with Crippen molar-refractivity contribution in [2.24, 2.45) is 18.2 Å². The first-order valence-electron chi connectivity index (χ1n) is 12.5. The fraction of sp³-hybridized carbons (Fsp3) is 0.333. The van der Waals surface area contributed by atoms with Gasteiger partial charge < -0.3 is 15.4 Å². The molecule has 1 aliphatic carbocycles. The third-order valence-corrected chi connectivity index (χ3v) is 8.39. The number of carbonyl (C=O) groups excluding carboxylic acids is 1. The van der Waals surface area contributed by atoms with E-state index in [9.17, 15) is 4.79 Å². The van der Waals surface area contributed by atoms with E-state index < -0.39 is 5.97 Å². The summed E-state index contributed by atoms with van der Waals surface area (Å²) < 4.78 is 6.77. The van der Waals surface area contributed by atoms with Crippen LogP contribution in [0.2, 0.25) is 0 Å². The molecule has 1 aromatic carbocycles. The number of esters is 1. The van der Waals surface area contributed by atoms with Crippen molar-refractivity contribution in [1.82, 2.24) is 29.7 Å². The number of nitrogens with two attached hydrogens (primary N) is 1. The summed E-state index contributed by atoms with van der Waals surface area (Å²) in [6, 6.07) is 12.1. The van der Waals surface area contributed by atoms with Gasteiger partial charge >= 0.3 is 5.97 Å². The largest absolute Gasteiger partial charge is 0.464 e. The molecule has 0 unspecified atom stereocenters. The van der Waals surface area contributed by atoms with Gasteiger partial charge in [0.15, 0.2) is 17.3 Å². The molecule has 1 aliphatic heterocycles. The number of ether oxygens (including phenoxy) is 1. The van der Waals surface area contributed by atoms with Crippen molar-refractivity contribution in [2.45, 2.75) is 35.4 Å². The molecular weight excluding hydrogens is 500 g/mol. The highest BCUT2D eigenvalue weighted by molar-refractivity contribution is 7.99. The van der Waals surface area contributed by atoms with Gasteiger partial charge in [-0.05, 0) is 59.7 Å². The lowest BCUT2D eigenvalue weighted by atomic mass is 9.73. The predicted molar refractivity (Wildman–Crippen MR) is 143 cm³/mol. The maximum atomic E-state index is 12.8. The van der Waals surface area contributed by atoms with E-state index in [4.69, 9.17) is 10.5 Å². The van der Waals surface area contributed by atoms with Gasteiger partial charge in [-0.25, -0.2) is 24.7 Å². The highest BCUT2D eigenvalue weighted by Gasteiger charge is 2.46. The zero-order valence-electron chi connectivity index (χ0n) is 21.2. The quantitative estimate of drug-likeness (QED) is 0.304. The normalized spacial score (nSPS) is 18.0. The summed E-state index contributed by atoms with van der Waals surface area (Å²) in [6.45, 7) is 1.48. The molecular formula is C27H28N8O2S. The molecule has 3 aromatic heterocycles. The Morgan fingerprint density at radius 3 is 2.66 bits per heavy atom. The van der Waals surface area contributed by atoms with Crippen molar-refractivity contribution >= 4 is 23.5 Å². The van der Waals surface area contributed by atoms with Crippen LogP contribution < -0.4 is 10.6 Å². The first-order chi connectivity index (χ1) is 18.5. The van der Waals surface area contributed by atoms with Gasteiger partial charge in [-0.2, -0.15) is 5.10 Å². The van der Waals surface area contributed by atoms with Gasteiger partial charge in [0.1, 0.15) is 15.7 Å². The molecule has 1 atom stereocenters. The van der Waals surface area contributed by atoms with Gasteiger partial charge in [0, 0.05) is 38.6 Å². The van der Waals surface area contributed by atoms with Crippen LogP contribution in [-0.2, 0) is 18.2 Å². The van der Waals surface area contributed by atoms with E-state index in [-0.39, 0.29) is 17.2 Å². The van der Waals surface area contributed by atoms with E-state index in [2.05, 4.69) is 54.2 Å². The Morgan fingerprint density at radius 2 is 1.92 bits per heavy atom. The first-order valence-corrected chi connectivity index (χ1v) is 13.3. The summed E-state index contributed by atoms with van der Waals surface area (Å²) in [6.07, 6.45) is 8.02. The van der Waals surface area contributed by atoms with Gasteiger partial charge in [0.2, 0.25) is 0 Å². The number of nitrogens with zero attached hydrogens (tertiary/aromatic N) is 7. The summed E-state index contributed by atoms with van der Waals surface area (Å²) in [7, 11) is 3.20. The molecule has 0 bridgehead atoms. The number of benzene rings is 1. The molecule has 4 aromatic rings. The highest BCUT2D eigenvalue weighted by atomic mass is 32.2. The topological polar surface area (TPSA) is 125 Å². The Morgan fingerprint density at radius 1 is 1.11 bits per heavy atom. The maximum Gasteiger partial charge on any atom is 0.360 e. The van der Waals surface area contributed by atoms with E-state index in [1.165, 1.54) is 30.0 Å². The zero-order chi connectivity index (χ0) is 26.3.